The predicted octanol–water partition coefficient (Wildman–Crippen LogP) is 3.63. The average Bonchev–Trinajstić information content (AvgIpc) is 3.09. The first-order valence-corrected chi connectivity index (χ1v) is 9.04. The van der Waals surface area contributed by atoms with Crippen molar-refractivity contribution in [3.8, 4) is 17.2 Å². The van der Waals surface area contributed by atoms with Crippen molar-refractivity contribution in [3.05, 3.63) is 58.1 Å². The topological polar surface area (TPSA) is 108 Å². The number of carbonyl (C=O) groups is 1. The Labute approximate surface area is 175 Å². The van der Waals surface area contributed by atoms with Crippen LogP contribution in [-0.2, 0) is 0 Å². The molecule has 0 saturated carbocycles. The molecule has 156 valence electrons. The molecule has 2 atom stereocenters. The molecule has 29 heavy (non-hydrogen) atoms. The average molecular weight is 422 g/mol. The minimum Gasteiger partial charge on any atom is -0.497 e. The van der Waals surface area contributed by atoms with Crippen LogP contribution in [0.2, 0.25) is 0 Å². The van der Waals surface area contributed by atoms with Gasteiger partial charge in [-0.2, -0.15) is 0 Å². The predicted molar refractivity (Wildman–Crippen MR) is 111 cm³/mol. The molecule has 1 aliphatic heterocycles. The van der Waals surface area contributed by atoms with Crippen molar-refractivity contribution in [2.75, 3.05) is 20.2 Å². The second kappa shape index (κ2) is 9.58. The molecule has 2 aromatic rings. The van der Waals surface area contributed by atoms with Gasteiger partial charge in [0.25, 0.3) is 11.6 Å². The van der Waals surface area contributed by atoms with Gasteiger partial charge in [0.05, 0.1) is 17.6 Å². The number of likely N-dealkylation sites (tertiary alicyclic amines) is 1. The summed E-state index contributed by atoms with van der Waals surface area (Å²) in [6.07, 6.45) is 0.811. The zero-order chi connectivity index (χ0) is 20.3. The van der Waals surface area contributed by atoms with Crippen LogP contribution in [0.3, 0.4) is 0 Å². The van der Waals surface area contributed by atoms with E-state index in [2.05, 4.69) is 0 Å². The second-order valence-corrected chi connectivity index (χ2v) is 6.86. The fourth-order valence-corrected chi connectivity index (χ4v) is 3.41. The SMILES string of the molecule is COc1ccc(Oc2ccc([N+](=O)[O-])cc2C(=O)N2CC(CN)CC2C)cc1.Cl. The number of amides is 1. The van der Waals surface area contributed by atoms with E-state index >= 15 is 0 Å². The highest BCUT2D eigenvalue weighted by atomic mass is 35.5. The normalized spacial score (nSPS) is 18.1. The monoisotopic (exact) mass is 421 g/mol. The van der Waals surface area contributed by atoms with Gasteiger partial charge in [-0.3, -0.25) is 14.9 Å². The van der Waals surface area contributed by atoms with Gasteiger partial charge in [0.1, 0.15) is 17.2 Å². The maximum atomic E-state index is 13.2. The molecule has 1 heterocycles. The van der Waals surface area contributed by atoms with Crippen LogP contribution in [0.4, 0.5) is 5.69 Å². The van der Waals surface area contributed by atoms with Gasteiger partial charge in [-0.25, -0.2) is 0 Å². The fourth-order valence-electron chi connectivity index (χ4n) is 3.41. The molecular weight excluding hydrogens is 398 g/mol. The third kappa shape index (κ3) is 4.96. The van der Waals surface area contributed by atoms with Crippen LogP contribution in [0.25, 0.3) is 0 Å². The van der Waals surface area contributed by atoms with Crippen molar-refractivity contribution in [2.24, 2.45) is 11.7 Å². The molecule has 0 spiro atoms. The minimum absolute atomic E-state index is 0. The van der Waals surface area contributed by atoms with E-state index in [-0.39, 0.29) is 47.3 Å². The number of non-ortho nitro benzene ring substituents is 1. The molecule has 0 bridgehead atoms. The van der Waals surface area contributed by atoms with E-state index in [1.54, 1.807) is 36.3 Å². The van der Waals surface area contributed by atoms with Gasteiger partial charge in [-0.05, 0) is 56.1 Å². The van der Waals surface area contributed by atoms with Crippen molar-refractivity contribution < 1.29 is 19.2 Å². The number of methoxy groups -OCH3 is 1. The molecule has 2 aromatic carbocycles. The molecule has 1 fully saturated rings. The number of halogens is 1. The molecule has 2 N–H and O–H groups in total. The number of hydrogen-bond acceptors (Lipinski definition) is 6. The summed E-state index contributed by atoms with van der Waals surface area (Å²) in [5.41, 5.74) is 5.76. The highest BCUT2D eigenvalue weighted by molar-refractivity contribution is 5.98. The first kappa shape index (κ1) is 22.4. The van der Waals surface area contributed by atoms with Crippen molar-refractivity contribution >= 4 is 24.0 Å². The highest BCUT2D eigenvalue weighted by Gasteiger charge is 2.34. The maximum Gasteiger partial charge on any atom is 0.270 e. The van der Waals surface area contributed by atoms with Crippen LogP contribution in [-0.4, -0.2) is 42.0 Å². The highest BCUT2D eigenvalue weighted by Crippen LogP contribution is 2.33. The van der Waals surface area contributed by atoms with E-state index in [0.717, 1.165) is 6.42 Å². The number of carbonyl (C=O) groups excluding carboxylic acids is 1. The summed E-state index contributed by atoms with van der Waals surface area (Å²) in [4.78, 5) is 25.6. The Morgan fingerprint density at radius 3 is 2.45 bits per heavy atom. The van der Waals surface area contributed by atoms with Gasteiger partial charge >= 0.3 is 0 Å². The zero-order valence-corrected chi connectivity index (χ0v) is 17.1. The molecule has 1 amide bonds. The van der Waals surface area contributed by atoms with E-state index in [1.807, 2.05) is 6.92 Å². The number of nitro groups is 1. The van der Waals surface area contributed by atoms with E-state index in [9.17, 15) is 14.9 Å². The number of hydrogen-bond donors (Lipinski definition) is 1. The molecule has 8 nitrogen and oxygen atoms in total. The summed E-state index contributed by atoms with van der Waals surface area (Å²) >= 11 is 0. The maximum absolute atomic E-state index is 13.2. The van der Waals surface area contributed by atoms with Gasteiger partial charge in [0.15, 0.2) is 0 Å². The molecule has 1 aliphatic rings. The Kier molecular flexibility index (Phi) is 7.41. The van der Waals surface area contributed by atoms with Gasteiger partial charge < -0.3 is 20.1 Å². The van der Waals surface area contributed by atoms with E-state index < -0.39 is 4.92 Å². The molecule has 1 saturated heterocycles. The Morgan fingerprint density at radius 2 is 1.90 bits per heavy atom. The van der Waals surface area contributed by atoms with Crippen LogP contribution in [0.15, 0.2) is 42.5 Å². The van der Waals surface area contributed by atoms with Crippen molar-refractivity contribution in [1.29, 1.82) is 0 Å². The van der Waals surface area contributed by atoms with Crippen LogP contribution < -0.4 is 15.2 Å². The van der Waals surface area contributed by atoms with Crippen molar-refractivity contribution in [2.45, 2.75) is 19.4 Å². The third-order valence-corrected chi connectivity index (χ3v) is 4.95. The second-order valence-electron chi connectivity index (χ2n) is 6.86. The summed E-state index contributed by atoms with van der Waals surface area (Å²) < 4.78 is 11.0. The quantitative estimate of drug-likeness (QED) is 0.563. The van der Waals surface area contributed by atoms with E-state index in [0.29, 0.717) is 24.6 Å². The first-order valence-electron chi connectivity index (χ1n) is 9.04. The lowest BCUT2D eigenvalue weighted by atomic mass is 10.1. The molecule has 9 heteroatoms. The standard InChI is InChI=1S/C20H23N3O5.ClH/c1-13-9-14(11-21)12-22(13)20(24)18-10-15(23(25)26)3-8-19(18)28-17-6-4-16(27-2)5-7-17;/h3-8,10,13-14H,9,11-12,21H2,1-2H3;1H. The molecule has 3 rings (SSSR count). The van der Waals surface area contributed by atoms with E-state index in [1.165, 1.54) is 18.2 Å². The number of nitrogens with zero attached hydrogens (tertiary/aromatic N) is 2. The summed E-state index contributed by atoms with van der Waals surface area (Å²) in [7, 11) is 1.56. The molecular formula is C20H24ClN3O5. The molecule has 2 unspecified atom stereocenters. The number of nitro benzene ring substituents is 1. The minimum atomic E-state index is -0.524. The smallest absolute Gasteiger partial charge is 0.270 e. The third-order valence-electron chi connectivity index (χ3n) is 4.95. The van der Waals surface area contributed by atoms with Crippen LogP contribution in [0.1, 0.15) is 23.7 Å². The lowest BCUT2D eigenvalue weighted by Gasteiger charge is -2.23. The van der Waals surface area contributed by atoms with Gasteiger partial charge in [-0.15, -0.1) is 12.4 Å². The van der Waals surface area contributed by atoms with Gasteiger partial charge in [0, 0.05) is 24.7 Å². The largest absolute Gasteiger partial charge is 0.497 e. The molecule has 0 radical (unpaired) electrons. The Morgan fingerprint density at radius 1 is 1.24 bits per heavy atom. The summed E-state index contributed by atoms with van der Waals surface area (Å²) in [6, 6.07) is 10.9. The Hall–Kier alpha value is -2.84. The number of benzene rings is 2. The summed E-state index contributed by atoms with van der Waals surface area (Å²) in [5, 5.41) is 11.2. The van der Waals surface area contributed by atoms with Crippen LogP contribution in [0.5, 0.6) is 17.2 Å². The summed E-state index contributed by atoms with van der Waals surface area (Å²) in [5.74, 6) is 1.37. The molecule has 0 aromatic heterocycles. The number of nitrogens with two attached hydrogens (primary N) is 1. The van der Waals surface area contributed by atoms with Crippen LogP contribution >= 0.6 is 12.4 Å². The first-order chi connectivity index (χ1) is 13.4. The van der Waals surface area contributed by atoms with Gasteiger partial charge in [-0.1, -0.05) is 0 Å². The Balaban J connectivity index is 0.00000300. The Bertz CT molecular complexity index is 875. The number of rotatable bonds is 6. The van der Waals surface area contributed by atoms with E-state index in [4.69, 9.17) is 15.2 Å². The van der Waals surface area contributed by atoms with Crippen molar-refractivity contribution in [3.63, 3.8) is 0 Å². The lowest BCUT2D eigenvalue weighted by molar-refractivity contribution is -0.384. The summed E-state index contributed by atoms with van der Waals surface area (Å²) in [6.45, 7) is 2.98. The number of ether oxygens (including phenoxy) is 2. The fraction of sp³-hybridized carbons (Fsp3) is 0.350. The molecule has 0 aliphatic carbocycles. The van der Waals surface area contributed by atoms with Crippen molar-refractivity contribution in [1.82, 2.24) is 4.90 Å². The zero-order valence-electron chi connectivity index (χ0n) is 16.2. The van der Waals surface area contributed by atoms with Crippen LogP contribution in [0, 0.1) is 16.0 Å². The lowest BCUT2D eigenvalue weighted by Crippen LogP contribution is -2.34. The van der Waals surface area contributed by atoms with Gasteiger partial charge in [0.2, 0.25) is 0 Å².